The van der Waals surface area contributed by atoms with E-state index in [1.807, 2.05) is 31.7 Å². The number of nitrogens with zero attached hydrogens (tertiary/aromatic N) is 3. The molecule has 0 unspecified atom stereocenters. The van der Waals surface area contributed by atoms with Crippen molar-refractivity contribution in [2.75, 3.05) is 20.3 Å². The van der Waals surface area contributed by atoms with E-state index in [0.29, 0.717) is 0 Å². The third-order valence-electron chi connectivity index (χ3n) is 3.67. The highest BCUT2D eigenvalue weighted by Crippen LogP contribution is 2.36. The summed E-state index contributed by atoms with van der Waals surface area (Å²) in [5.74, 6) is 0.747. The normalized spacial score (nSPS) is 22.8. The zero-order valence-electron chi connectivity index (χ0n) is 12.1. The number of likely N-dealkylation sites (tertiary alicyclic amines) is 1. The summed E-state index contributed by atoms with van der Waals surface area (Å²) >= 11 is 0. The molecule has 1 aliphatic rings. The minimum Gasteiger partial charge on any atom is -0.375 e. The molecule has 0 spiro atoms. The molecule has 0 saturated carbocycles. The highest BCUT2D eigenvalue weighted by Gasteiger charge is 2.43. The van der Waals surface area contributed by atoms with Gasteiger partial charge in [0.25, 0.3) is 0 Å². The lowest BCUT2D eigenvalue weighted by molar-refractivity contribution is -0.139. The van der Waals surface area contributed by atoms with E-state index in [1.165, 1.54) is 0 Å². The van der Waals surface area contributed by atoms with E-state index in [1.54, 1.807) is 7.11 Å². The number of ether oxygens (including phenoxy) is 1. The quantitative estimate of drug-likeness (QED) is 0.830. The Morgan fingerprint density at radius 3 is 2.63 bits per heavy atom. The molecule has 19 heavy (non-hydrogen) atoms. The predicted octanol–water partition coefficient (Wildman–Crippen LogP) is 1.58. The maximum absolute atomic E-state index is 12.1. The Bertz CT molecular complexity index is 469. The molecule has 1 aromatic rings. The summed E-state index contributed by atoms with van der Waals surface area (Å²) in [4.78, 5) is 23.1. The first-order valence-electron chi connectivity index (χ1n) is 6.59. The highest BCUT2D eigenvalue weighted by atomic mass is 16.5. The summed E-state index contributed by atoms with van der Waals surface area (Å²) in [6.07, 6.45) is 1.87. The van der Waals surface area contributed by atoms with Crippen LogP contribution >= 0.6 is 0 Å². The Labute approximate surface area is 114 Å². The van der Waals surface area contributed by atoms with Crippen LogP contribution < -0.4 is 0 Å². The van der Waals surface area contributed by atoms with Gasteiger partial charge in [-0.15, -0.1) is 0 Å². The molecule has 1 aliphatic heterocycles. The van der Waals surface area contributed by atoms with Gasteiger partial charge in [-0.05, 0) is 39.7 Å². The summed E-state index contributed by atoms with van der Waals surface area (Å²) in [5, 5.41) is 0. The standard InChI is InChI=1S/C14H21N3O2/c1-10-8-11(2)16-13(15-10)14(3)6-5-7-17(14)12(18)9-19-4/h8H,5-7,9H2,1-4H3/t14-/m1/s1. The van der Waals surface area contributed by atoms with Crippen LogP contribution in [0.5, 0.6) is 0 Å². The van der Waals surface area contributed by atoms with Gasteiger partial charge >= 0.3 is 0 Å². The van der Waals surface area contributed by atoms with Crippen molar-refractivity contribution in [3.05, 3.63) is 23.3 Å². The zero-order valence-corrected chi connectivity index (χ0v) is 12.1. The lowest BCUT2D eigenvalue weighted by Gasteiger charge is -2.34. The number of aryl methyl sites for hydroxylation is 2. The lowest BCUT2D eigenvalue weighted by Crippen LogP contribution is -2.45. The van der Waals surface area contributed by atoms with Gasteiger partial charge in [0, 0.05) is 25.0 Å². The number of rotatable bonds is 3. The van der Waals surface area contributed by atoms with Gasteiger partial charge in [-0.3, -0.25) is 4.79 Å². The minimum absolute atomic E-state index is 0.00487. The van der Waals surface area contributed by atoms with Crippen molar-refractivity contribution < 1.29 is 9.53 Å². The van der Waals surface area contributed by atoms with Crippen LogP contribution in [0.1, 0.15) is 37.0 Å². The average molecular weight is 263 g/mol. The van der Waals surface area contributed by atoms with E-state index in [4.69, 9.17) is 4.74 Å². The molecule has 2 rings (SSSR count). The molecule has 5 nitrogen and oxygen atoms in total. The monoisotopic (exact) mass is 263 g/mol. The van der Waals surface area contributed by atoms with Crippen LogP contribution in [0.4, 0.5) is 0 Å². The Hall–Kier alpha value is -1.49. The number of carbonyl (C=O) groups excluding carboxylic acids is 1. The second kappa shape index (κ2) is 5.25. The van der Waals surface area contributed by atoms with Crippen molar-refractivity contribution in [1.82, 2.24) is 14.9 Å². The van der Waals surface area contributed by atoms with Crippen LogP contribution in [-0.2, 0) is 15.1 Å². The van der Waals surface area contributed by atoms with Crippen LogP contribution in [0.25, 0.3) is 0 Å². The van der Waals surface area contributed by atoms with Crippen molar-refractivity contribution >= 4 is 5.91 Å². The number of carbonyl (C=O) groups is 1. The Kier molecular flexibility index (Phi) is 3.85. The van der Waals surface area contributed by atoms with Crippen LogP contribution in [0.2, 0.25) is 0 Å². The van der Waals surface area contributed by atoms with Crippen molar-refractivity contribution in [3.63, 3.8) is 0 Å². The Morgan fingerprint density at radius 1 is 1.42 bits per heavy atom. The zero-order chi connectivity index (χ0) is 14.0. The Morgan fingerprint density at radius 2 is 2.05 bits per heavy atom. The SMILES string of the molecule is COCC(=O)N1CCC[C@]1(C)c1nc(C)cc(C)n1. The van der Waals surface area contributed by atoms with Gasteiger partial charge in [-0.1, -0.05) is 0 Å². The molecular weight excluding hydrogens is 242 g/mol. The fraction of sp³-hybridized carbons (Fsp3) is 0.643. The van der Waals surface area contributed by atoms with Gasteiger partial charge in [-0.2, -0.15) is 0 Å². The smallest absolute Gasteiger partial charge is 0.249 e. The van der Waals surface area contributed by atoms with Crippen LogP contribution in [0.15, 0.2) is 6.07 Å². The third-order valence-corrected chi connectivity index (χ3v) is 3.67. The molecule has 1 amide bonds. The first kappa shape index (κ1) is 13.9. The summed E-state index contributed by atoms with van der Waals surface area (Å²) < 4.78 is 4.96. The maximum Gasteiger partial charge on any atom is 0.249 e. The van der Waals surface area contributed by atoms with Gasteiger partial charge in [0.05, 0.1) is 5.54 Å². The topological polar surface area (TPSA) is 55.3 Å². The predicted molar refractivity (Wildman–Crippen MR) is 71.7 cm³/mol. The maximum atomic E-state index is 12.1. The number of amides is 1. The molecule has 0 radical (unpaired) electrons. The highest BCUT2D eigenvalue weighted by molar-refractivity contribution is 5.78. The molecule has 0 bridgehead atoms. The second-order valence-electron chi connectivity index (χ2n) is 5.33. The average Bonchev–Trinajstić information content (AvgIpc) is 2.72. The molecule has 104 valence electrons. The first-order valence-corrected chi connectivity index (χ1v) is 6.59. The third kappa shape index (κ3) is 2.61. The number of methoxy groups -OCH3 is 1. The van der Waals surface area contributed by atoms with E-state index >= 15 is 0 Å². The largest absolute Gasteiger partial charge is 0.375 e. The van der Waals surface area contributed by atoms with Gasteiger partial charge in [-0.25, -0.2) is 9.97 Å². The van der Waals surface area contributed by atoms with Gasteiger partial charge in [0.2, 0.25) is 5.91 Å². The van der Waals surface area contributed by atoms with Crippen molar-refractivity contribution in [2.24, 2.45) is 0 Å². The molecule has 1 atom stereocenters. The van der Waals surface area contributed by atoms with E-state index in [-0.39, 0.29) is 12.5 Å². The summed E-state index contributed by atoms with van der Waals surface area (Å²) in [5.41, 5.74) is 1.47. The number of aromatic nitrogens is 2. The van der Waals surface area contributed by atoms with Crippen molar-refractivity contribution in [2.45, 2.75) is 39.2 Å². The van der Waals surface area contributed by atoms with Gasteiger partial charge < -0.3 is 9.64 Å². The van der Waals surface area contributed by atoms with E-state index in [2.05, 4.69) is 9.97 Å². The lowest BCUT2D eigenvalue weighted by atomic mass is 9.97. The minimum atomic E-state index is -0.410. The summed E-state index contributed by atoms with van der Waals surface area (Å²) in [7, 11) is 1.54. The molecule has 0 N–H and O–H groups in total. The fourth-order valence-corrected chi connectivity index (χ4v) is 2.76. The summed E-state index contributed by atoms with van der Waals surface area (Å²) in [6.45, 7) is 6.81. The number of hydrogen-bond donors (Lipinski definition) is 0. The van der Waals surface area contributed by atoms with Gasteiger partial charge in [0.15, 0.2) is 5.82 Å². The van der Waals surface area contributed by atoms with E-state index in [0.717, 1.165) is 36.6 Å². The molecule has 1 fully saturated rings. The molecule has 2 heterocycles. The van der Waals surface area contributed by atoms with Crippen molar-refractivity contribution in [3.8, 4) is 0 Å². The molecule has 1 aromatic heterocycles. The van der Waals surface area contributed by atoms with Crippen molar-refractivity contribution in [1.29, 1.82) is 0 Å². The first-order chi connectivity index (χ1) is 8.97. The Balaban J connectivity index is 2.36. The summed E-state index contributed by atoms with van der Waals surface area (Å²) in [6, 6.07) is 1.95. The van der Waals surface area contributed by atoms with Crippen LogP contribution in [-0.4, -0.2) is 41.0 Å². The second-order valence-corrected chi connectivity index (χ2v) is 5.33. The number of hydrogen-bond acceptors (Lipinski definition) is 4. The molecular formula is C14H21N3O2. The molecule has 0 aliphatic carbocycles. The van der Waals surface area contributed by atoms with Gasteiger partial charge in [0.1, 0.15) is 6.61 Å². The van der Waals surface area contributed by atoms with Crippen LogP contribution in [0, 0.1) is 13.8 Å². The fourth-order valence-electron chi connectivity index (χ4n) is 2.76. The van der Waals surface area contributed by atoms with E-state index < -0.39 is 5.54 Å². The van der Waals surface area contributed by atoms with E-state index in [9.17, 15) is 4.79 Å². The molecule has 0 aromatic carbocycles. The van der Waals surface area contributed by atoms with Crippen LogP contribution in [0.3, 0.4) is 0 Å². The molecule has 1 saturated heterocycles. The molecule has 5 heteroatoms.